The molecule has 1 N–H and O–H groups in total. The zero-order valence-corrected chi connectivity index (χ0v) is 14.6. The molecule has 0 saturated carbocycles. The number of carbonyl (C=O) groups is 2. The summed E-state index contributed by atoms with van der Waals surface area (Å²) in [5.74, 6) is -1.22. The maximum atomic E-state index is 12.8. The number of rotatable bonds is 3. The third-order valence-corrected chi connectivity index (χ3v) is 5.71. The molecule has 0 radical (unpaired) electrons. The summed E-state index contributed by atoms with van der Waals surface area (Å²) >= 11 is 3.39. The summed E-state index contributed by atoms with van der Waals surface area (Å²) in [7, 11) is 0. The van der Waals surface area contributed by atoms with Crippen LogP contribution in [-0.4, -0.2) is 48.2 Å². The zero-order chi connectivity index (χ0) is 16.6. The van der Waals surface area contributed by atoms with Crippen molar-refractivity contribution in [2.75, 3.05) is 26.3 Å². The van der Waals surface area contributed by atoms with E-state index in [2.05, 4.69) is 15.9 Å². The van der Waals surface area contributed by atoms with Gasteiger partial charge in [0.25, 0.3) is 0 Å². The summed E-state index contributed by atoms with van der Waals surface area (Å²) in [6.07, 6.45) is 0.476. The molecule has 3 rings (SSSR count). The minimum atomic E-state index is -0.840. The Bertz CT molecular complexity index is 618. The van der Waals surface area contributed by atoms with E-state index >= 15 is 0 Å². The van der Waals surface area contributed by atoms with Gasteiger partial charge in [0.15, 0.2) is 0 Å². The normalized spacial score (nSPS) is 28.3. The Labute approximate surface area is 143 Å². The third kappa shape index (κ3) is 2.90. The van der Waals surface area contributed by atoms with Crippen molar-refractivity contribution in [2.24, 2.45) is 11.3 Å². The highest BCUT2D eigenvalue weighted by Gasteiger charge is 2.55. The van der Waals surface area contributed by atoms with Gasteiger partial charge in [0, 0.05) is 30.1 Å². The maximum absolute atomic E-state index is 12.8. The molecule has 2 aliphatic rings. The molecule has 0 spiro atoms. The van der Waals surface area contributed by atoms with Crippen molar-refractivity contribution in [1.82, 2.24) is 4.90 Å². The summed E-state index contributed by atoms with van der Waals surface area (Å²) in [5.41, 5.74) is 0.0987. The van der Waals surface area contributed by atoms with Crippen LogP contribution < -0.4 is 0 Å². The van der Waals surface area contributed by atoms with Crippen LogP contribution in [0.3, 0.4) is 0 Å². The summed E-state index contributed by atoms with van der Waals surface area (Å²) in [6, 6.07) is 7.67. The van der Waals surface area contributed by atoms with E-state index in [4.69, 9.17) is 4.74 Å². The zero-order valence-electron chi connectivity index (χ0n) is 13.0. The lowest BCUT2D eigenvalue weighted by molar-refractivity contribution is -0.157. The quantitative estimate of drug-likeness (QED) is 0.873. The summed E-state index contributed by atoms with van der Waals surface area (Å²) in [5, 5.41) is 9.69. The molecule has 1 amide bonds. The molecular formula is C17H20BrNO4. The second kappa shape index (κ2) is 6.24. The fourth-order valence-electron chi connectivity index (χ4n) is 3.64. The van der Waals surface area contributed by atoms with Crippen molar-refractivity contribution in [2.45, 2.75) is 19.3 Å². The molecule has 2 saturated heterocycles. The number of hydrogen-bond acceptors (Lipinski definition) is 3. The number of nitrogens with zero attached hydrogens (tertiary/aromatic N) is 1. The molecule has 2 fully saturated rings. The van der Waals surface area contributed by atoms with Gasteiger partial charge in [-0.2, -0.15) is 0 Å². The molecule has 3 atom stereocenters. The Kier molecular flexibility index (Phi) is 4.47. The number of fused-ring (bicyclic) bond motifs is 1. The van der Waals surface area contributed by atoms with Gasteiger partial charge in [0.2, 0.25) is 5.91 Å². The molecule has 124 valence electrons. The number of aliphatic carboxylic acids is 1. The smallest absolute Gasteiger partial charge is 0.311 e. The molecular weight excluding hydrogens is 362 g/mol. The lowest BCUT2D eigenvalue weighted by Crippen LogP contribution is -2.45. The molecule has 2 heterocycles. The van der Waals surface area contributed by atoms with Crippen molar-refractivity contribution in [3.05, 3.63) is 34.3 Å². The number of likely N-dealkylation sites (tertiary alicyclic amines) is 1. The molecule has 1 unspecified atom stereocenters. The monoisotopic (exact) mass is 381 g/mol. The topological polar surface area (TPSA) is 66.8 Å². The van der Waals surface area contributed by atoms with Crippen LogP contribution in [0.2, 0.25) is 0 Å². The van der Waals surface area contributed by atoms with E-state index in [1.54, 1.807) is 4.90 Å². The van der Waals surface area contributed by atoms with Crippen molar-refractivity contribution < 1.29 is 19.4 Å². The molecule has 0 aliphatic carbocycles. The summed E-state index contributed by atoms with van der Waals surface area (Å²) < 4.78 is 6.41. The predicted octanol–water partition coefficient (Wildman–Crippen LogP) is 2.50. The van der Waals surface area contributed by atoms with Gasteiger partial charge in [0.1, 0.15) is 0 Å². The van der Waals surface area contributed by atoms with Crippen LogP contribution in [-0.2, 0) is 14.3 Å². The number of carboxylic acid groups (broad SMARTS) is 1. The van der Waals surface area contributed by atoms with E-state index in [-0.39, 0.29) is 24.3 Å². The van der Waals surface area contributed by atoms with Crippen molar-refractivity contribution in [3.8, 4) is 0 Å². The SMILES string of the molecule is CC(C(=O)N1C[C@H]2COCC[C@@]2(C(=O)O)C1)c1ccc(Br)cc1. The standard InChI is InChI=1S/C17H20BrNO4/c1-11(12-2-4-14(18)5-3-12)15(20)19-8-13-9-23-7-6-17(13,10-19)16(21)22/h2-5,11,13H,6-10H2,1H3,(H,21,22)/t11?,13-,17+/m0/s1. The Morgan fingerprint density at radius 2 is 2.09 bits per heavy atom. The van der Waals surface area contributed by atoms with Gasteiger partial charge in [-0.3, -0.25) is 9.59 Å². The number of ether oxygens (including phenoxy) is 1. The Hall–Kier alpha value is -1.40. The second-order valence-electron chi connectivity index (χ2n) is 6.48. The maximum Gasteiger partial charge on any atom is 0.311 e. The van der Waals surface area contributed by atoms with E-state index < -0.39 is 11.4 Å². The average molecular weight is 382 g/mol. The molecule has 0 aromatic heterocycles. The summed E-state index contributed by atoms with van der Waals surface area (Å²) in [4.78, 5) is 26.3. The highest BCUT2D eigenvalue weighted by atomic mass is 79.9. The molecule has 5 nitrogen and oxygen atoms in total. The van der Waals surface area contributed by atoms with Crippen molar-refractivity contribution in [1.29, 1.82) is 0 Å². The Balaban J connectivity index is 1.78. The third-order valence-electron chi connectivity index (χ3n) is 5.18. The van der Waals surface area contributed by atoms with Crippen LogP contribution >= 0.6 is 15.9 Å². The van der Waals surface area contributed by atoms with Crippen molar-refractivity contribution in [3.63, 3.8) is 0 Å². The highest BCUT2D eigenvalue weighted by molar-refractivity contribution is 9.10. The van der Waals surface area contributed by atoms with Crippen molar-refractivity contribution >= 4 is 27.8 Å². The van der Waals surface area contributed by atoms with Gasteiger partial charge >= 0.3 is 5.97 Å². The van der Waals surface area contributed by atoms with Crippen LogP contribution in [0, 0.1) is 11.3 Å². The minimum absolute atomic E-state index is 0.0117. The largest absolute Gasteiger partial charge is 0.481 e. The number of benzene rings is 1. The number of carboxylic acids is 1. The molecule has 2 aliphatic heterocycles. The molecule has 1 aromatic rings. The Morgan fingerprint density at radius 1 is 1.39 bits per heavy atom. The number of carbonyl (C=O) groups excluding carboxylic acids is 1. The van der Waals surface area contributed by atoms with Gasteiger partial charge in [0.05, 0.1) is 17.9 Å². The first-order valence-corrected chi connectivity index (χ1v) is 8.59. The van der Waals surface area contributed by atoms with Crippen LogP contribution in [0.15, 0.2) is 28.7 Å². The van der Waals surface area contributed by atoms with E-state index in [9.17, 15) is 14.7 Å². The van der Waals surface area contributed by atoms with Crippen LogP contribution in [0.1, 0.15) is 24.8 Å². The Morgan fingerprint density at radius 3 is 2.70 bits per heavy atom. The molecule has 1 aromatic carbocycles. The lowest BCUT2D eigenvalue weighted by Gasteiger charge is -2.33. The first-order valence-electron chi connectivity index (χ1n) is 7.79. The van der Waals surface area contributed by atoms with Crippen LogP contribution in [0.25, 0.3) is 0 Å². The number of halogens is 1. The van der Waals surface area contributed by atoms with Crippen LogP contribution in [0.4, 0.5) is 0 Å². The average Bonchev–Trinajstić information content (AvgIpc) is 2.95. The predicted molar refractivity (Wildman–Crippen MR) is 88.1 cm³/mol. The highest BCUT2D eigenvalue weighted by Crippen LogP contribution is 2.43. The lowest BCUT2D eigenvalue weighted by atomic mass is 9.74. The number of hydrogen-bond donors (Lipinski definition) is 1. The fourth-order valence-corrected chi connectivity index (χ4v) is 3.90. The first kappa shape index (κ1) is 16.5. The van der Waals surface area contributed by atoms with E-state index in [0.717, 1.165) is 10.0 Å². The fraction of sp³-hybridized carbons (Fsp3) is 0.529. The van der Waals surface area contributed by atoms with Crippen LogP contribution in [0.5, 0.6) is 0 Å². The van der Waals surface area contributed by atoms with E-state index in [1.165, 1.54) is 0 Å². The molecule has 6 heteroatoms. The van der Waals surface area contributed by atoms with Gasteiger partial charge in [-0.1, -0.05) is 28.1 Å². The number of amides is 1. The van der Waals surface area contributed by atoms with Gasteiger partial charge in [-0.25, -0.2) is 0 Å². The second-order valence-corrected chi connectivity index (χ2v) is 7.39. The van der Waals surface area contributed by atoms with Gasteiger partial charge in [-0.05, 0) is 31.0 Å². The summed E-state index contributed by atoms with van der Waals surface area (Å²) in [6.45, 7) is 3.50. The van der Waals surface area contributed by atoms with Gasteiger partial charge < -0.3 is 14.7 Å². The van der Waals surface area contributed by atoms with E-state index in [0.29, 0.717) is 26.2 Å². The van der Waals surface area contributed by atoms with E-state index in [1.807, 2.05) is 31.2 Å². The minimum Gasteiger partial charge on any atom is -0.481 e. The molecule has 0 bridgehead atoms. The first-order chi connectivity index (χ1) is 10.9. The van der Waals surface area contributed by atoms with Gasteiger partial charge in [-0.15, -0.1) is 0 Å². The molecule has 23 heavy (non-hydrogen) atoms.